The minimum atomic E-state index is 0.296. The second-order valence-electron chi connectivity index (χ2n) is 5.85. The summed E-state index contributed by atoms with van der Waals surface area (Å²) in [5.74, 6) is 6.34. The number of hydrogen-bond donors (Lipinski definition) is 2. The number of hydrogen-bond acceptors (Lipinski definition) is 4. The molecule has 5 heteroatoms. The quantitative estimate of drug-likeness (QED) is 0.606. The Hall–Kier alpha value is -0.940. The van der Waals surface area contributed by atoms with Crippen LogP contribution in [0, 0.1) is 11.3 Å². The molecule has 3 N–H and O–H groups in total. The summed E-state index contributed by atoms with van der Waals surface area (Å²) in [6, 6.07) is 0.296. The molecular formula is C12H23N5. The number of nitrogens with one attached hydrogen (secondary N) is 1. The van der Waals surface area contributed by atoms with Crippen LogP contribution in [0.1, 0.15) is 38.8 Å². The Bertz CT molecular complexity index is 371. The molecule has 0 aliphatic heterocycles. The van der Waals surface area contributed by atoms with Crippen LogP contribution < -0.4 is 11.3 Å². The maximum absolute atomic E-state index is 5.72. The lowest BCUT2D eigenvalue weighted by Crippen LogP contribution is -2.45. The van der Waals surface area contributed by atoms with Gasteiger partial charge in [-0.25, -0.2) is 0 Å². The van der Waals surface area contributed by atoms with Crippen LogP contribution in [0.3, 0.4) is 0 Å². The van der Waals surface area contributed by atoms with Crippen molar-refractivity contribution >= 4 is 0 Å². The second-order valence-corrected chi connectivity index (χ2v) is 5.85. The fourth-order valence-electron chi connectivity index (χ4n) is 3.13. The molecular weight excluding hydrogens is 214 g/mol. The van der Waals surface area contributed by atoms with Gasteiger partial charge in [-0.2, -0.15) is 0 Å². The molecule has 0 spiro atoms. The second kappa shape index (κ2) is 4.74. The van der Waals surface area contributed by atoms with E-state index >= 15 is 0 Å². The third-order valence-corrected chi connectivity index (χ3v) is 4.12. The maximum Gasteiger partial charge on any atom is 0.0843 e. The average Bonchev–Trinajstić information content (AvgIpc) is 2.81. The van der Waals surface area contributed by atoms with Gasteiger partial charge in [-0.3, -0.25) is 16.0 Å². The molecule has 0 bridgehead atoms. The van der Waals surface area contributed by atoms with E-state index in [2.05, 4.69) is 29.6 Å². The average molecular weight is 237 g/mol. The molecule has 96 valence electrons. The van der Waals surface area contributed by atoms with Gasteiger partial charge in [0.25, 0.3) is 0 Å². The highest BCUT2D eigenvalue weighted by molar-refractivity contribution is 5.00. The van der Waals surface area contributed by atoms with E-state index in [1.54, 1.807) is 4.68 Å². The molecule has 0 saturated heterocycles. The third-order valence-electron chi connectivity index (χ3n) is 4.12. The fourth-order valence-corrected chi connectivity index (χ4v) is 3.13. The summed E-state index contributed by atoms with van der Waals surface area (Å²) in [6.45, 7) is 4.68. The Morgan fingerprint density at radius 3 is 2.88 bits per heavy atom. The van der Waals surface area contributed by atoms with E-state index in [-0.39, 0.29) is 0 Å². The smallest absolute Gasteiger partial charge is 0.0843 e. The van der Waals surface area contributed by atoms with Crippen LogP contribution >= 0.6 is 0 Å². The molecule has 1 saturated carbocycles. The lowest BCUT2D eigenvalue weighted by molar-refractivity contribution is 0.195. The van der Waals surface area contributed by atoms with E-state index in [0.717, 1.165) is 12.1 Å². The molecule has 0 amide bonds. The first-order valence-corrected chi connectivity index (χ1v) is 6.34. The first kappa shape index (κ1) is 12.5. The van der Waals surface area contributed by atoms with Crippen LogP contribution in [-0.2, 0) is 13.5 Å². The number of nitrogens with zero attached hydrogens (tertiary/aromatic N) is 3. The van der Waals surface area contributed by atoms with Crippen molar-refractivity contribution in [3.05, 3.63) is 11.9 Å². The Balaban J connectivity index is 2.06. The number of rotatable bonds is 4. The summed E-state index contributed by atoms with van der Waals surface area (Å²) >= 11 is 0. The molecule has 17 heavy (non-hydrogen) atoms. The van der Waals surface area contributed by atoms with Crippen LogP contribution in [0.4, 0.5) is 0 Å². The van der Waals surface area contributed by atoms with Crippen LogP contribution in [0.15, 0.2) is 6.20 Å². The Morgan fingerprint density at radius 1 is 1.65 bits per heavy atom. The van der Waals surface area contributed by atoms with Gasteiger partial charge < -0.3 is 0 Å². The van der Waals surface area contributed by atoms with Crippen LogP contribution in [-0.4, -0.2) is 21.0 Å². The molecule has 1 aromatic heterocycles. The van der Waals surface area contributed by atoms with Crippen molar-refractivity contribution in [1.82, 2.24) is 20.4 Å². The van der Waals surface area contributed by atoms with Gasteiger partial charge in [0.1, 0.15) is 0 Å². The zero-order chi connectivity index (χ0) is 12.5. The Morgan fingerprint density at radius 2 is 2.41 bits per heavy atom. The van der Waals surface area contributed by atoms with Gasteiger partial charge in [-0.15, -0.1) is 5.10 Å². The van der Waals surface area contributed by atoms with Gasteiger partial charge in [0.2, 0.25) is 0 Å². The van der Waals surface area contributed by atoms with Crippen molar-refractivity contribution in [1.29, 1.82) is 0 Å². The highest BCUT2D eigenvalue weighted by Crippen LogP contribution is 2.44. The van der Waals surface area contributed by atoms with E-state index in [4.69, 9.17) is 5.84 Å². The first-order chi connectivity index (χ1) is 8.03. The summed E-state index contributed by atoms with van der Waals surface area (Å²) in [6.07, 6.45) is 6.67. The largest absolute Gasteiger partial charge is 0.271 e. The standard InChI is InChI=1S/C12H23N5/c1-12(2)6-4-5-10(12)11(14-13)7-9-8-17(3)16-15-9/h8,10-11,14H,4-7,13H2,1-3H3. The summed E-state index contributed by atoms with van der Waals surface area (Å²) in [5.41, 5.74) is 4.37. The molecule has 1 fully saturated rings. The summed E-state index contributed by atoms with van der Waals surface area (Å²) in [7, 11) is 1.89. The minimum absolute atomic E-state index is 0.296. The zero-order valence-electron chi connectivity index (χ0n) is 11.0. The molecule has 1 aromatic rings. The number of aromatic nitrogens is 3. The lowest BCUT2D eigenvalue weighted by Gasteiger charge is -2.33. The lowest BCUT2D eigenvalue weighted by atomic mass is 9.76. The molecule has 1 aliphatic rings. The summed E-state index contributed by atoms with van der Waals surface area (Å²) < 4.78 is 1.74. The maximum atomic E-state index is 5.72. The minimum Gasteiger partial charge on any atom is -0.271 e. The summed E-state index contributed by atoms with van der Waals surface area (Å²) in [5, 5.41) is 8.11. The molecule has 2 unspecified atom stereocenters. The van der Waals surface area contributed by atoms with Gasteiger partial charge in [-0.1, -0.05) is 25.5 Å². The number of hydrazine groups is 1. The van der Waals surface area contributed by atoms with Crippen LogP contribution in [0.25, 0.3) is 0 Å². The van der Waals surface area contributed by atoms with Crippen molar-refractivity contribution in [3.63, 3.8) is 0 Å². The third kappa shape index (κ3) is 2.66. The van der Waals surface area contributed by atoms with Crippen molar-refractivity contribution in [2.75, 3.05) is 0 Å². The Kier molecular flexibility index (Phi) is 3.49. The van der Waals surface area contributed by atoms with Gasteiger partial charge in [0.05, 0.1) is 5.69 Å². The van der Waals surface area contributed by atoms with Crippen molar-refractivity contribution in [2.24, 2.45) is 24.2 Å². The number of nitrogens with two attached hydrogens (primary N) is 1. The van der Waals surface area contributed by atoms with Crippen LogP contribution in [0.2, 0.25) is 0 Å². The van der Waals surface area contributed by atoms with E-state index in [1.165, 1.54) is 19.3 Å². The molecule has 0 radical (unpaired) electrons. The fraction of sp³-hybridized carbons (Fsp3) is 0.833. The topological polar surface area (TPSA) is 68.8 Å². The van der Waals surface area contributed by atoms with Crippen LogP contribution in [0.5, 0.6) is 0 Å². The molecule has 2 atom stereocenters. The predicted molar refractivity (Wildman–Crippen MR) is 66.9 cm³/mol. The zero-order valence-corrected chi connectivity index (χ0v) is 11.0. The van der Waals surface area contributed by atoms with E-state index in [9.17, 15) is 0 Å². The van der Waals surface area contributed by atoms with Crippen molar-refractivity contribution in [3.8, 4) is 0 Å². The van der Waals surface area contributed by atoms with Gasteiger partial charge in [0.15, 0.2) is 0 Å². The molecule has 0 aromatic carbocycles. The van der Waals surface area contributed by atoms with Gasteiger partial charge in [-0.05, 0) is 24.2 Å². The molecule has 1 aliphatic carbocycles. The van der Waals surface area contributed by atoms with E-state index in [0.29, 0.717) is 17.4 Å². The van der Waals surface area contributed by atoms with Gasteiger partial charge in [0, 0.05) is 25.7 Å². The van der Waals surface area contributed by atoms with E-state index in [1.807, 2.05) is 13.2 Å². The van der Waals surface area contributed by atoms with Crippen molar-refractivity contribution < 1.29 is 0 Å². The summed E-state index contributed by atoms with van der Waals surface area (Å²) in [4.78, 5) is 0. The molecule has 1 heterocycles. The Labute approximate surface area is 103 Å². The molecule has 2 rings (SSSR count). The first-order valence-electron chi connectivity index (χ1n) is 6.34. The SMILES string of the molecule is Cn1cc(CC(NN)C2CCCC2(C)C)nn1. The van der Waals surface area contributed by atoms with E-state index < -0.39 is 0 Å². The molecule has 5 nitrogen and oxygen atoms in total. The highest BCUT2D eigenvalue weighted by atomic mass is 15.4. The number of aryl methyl sites for hydroxylation is 1. The monoisotopic (exact) mass is 237 g/mol. The predicted octanol–water partition coefficient (Wildman–Crippen LogP) is 1.02. The van der Waals surface area contributed by atoms with Crippen molar-refractivity contribution in [2.45, 2.75) is 45.6 Å². The highest BCUT2D eigenvalue weighted by Gasteiger charge is 2.39. The van der Waals surface area contributed by atoms with Gasteiger partial charge >= 0.3 is 0 Å². The normalized spacial score (nSPS) is 25.1.